The number of aliphatic imine (C=N–C) groups is 1. The molecule has 0 atom stereocenters. The topological polar surface area (TPSA) is 51.1 Å². The summed E-state index contributed by atoms with van der Waals surface area (Å²) in [5.74, 6) is 1.14. The average Bonchev–Trinajstić information content (AvgIpc) is 3.10. The minimum Gasteiger partial charge on any atom is -0.493 e. The van der Waals surface area contributed by atoms with E-state index < -0.39 is 0 Å². The standard InChI is InChI=1S/C26H24N2O3S/c1-17-5-10-20(11-6-17)27-26-28(21-12-7-18(2)8-13-21)25(29)24(32-26)16-19-9-14-22(30-3)23(15-19)31-4/h5-16H,1-4H3. The second-order valence-corrected chi connectivity index (χ2v) is 8.44. The summed E-state index contributed by atoms with van der Waals surface area (Å²) in [4.78, 5) is 20.5. The molecule has 1 amide bonds. The summed E-state index contributed by atoms with van der Waals surface area (Å²) in [6.07, 6.45) is 1.85. The van der Waals surface area contributed by atoms with Crippen molar-refractivity contribution < 1.29 is 14.3 Å². The van der Waals surface area contributed by atoms with Gasteiger partial charge in [-0.05, 0) is 73.6 Å². The Kier molecular flexibility index (Phi) is 6.32. The van der Waals surface area contributed by atoms with Crippen LogP contribution < -0.4 is 14.4 Å². The molecule has 0 unspecified atom stereocenters. The molecule has 0 bridgehead atoms. The van der Waals surface area contributed by atoms with Gasteiger partial charge < -0.3 is 9.47 Å². The lowest BCUT2D eigenvalue weighted by Gasteiger charge is -2.16. The summed E-state index contributed by atoms with van der Waals surface area (Å²) in [7, 11) is 3.19. The minimum absolute atomic E-state index is 0.112. The van der Waals surface area contributed by atoms with E-state index in [4.69, 9.17) is 14.5 Å². The normalized spacial score (nSPS) is 16.1. The monoisotopic (exact) mass is 444 g/mol. The van der Waals surface area contributed by atoms with Crippen LogP contribution in [0.3, 0.4) is 0 Å². The van der Waals surface area contributed by atoms with E-state index in [0.717, 1.165) is 28.1 Å². The Morgan fingerprint density at radius 3 is 2.09 bits per heavy atom. The molecule has 5 nitrogen and oxygen atoms in total. The first-order valence-electron chi connectivity index (χ1n) is 10.2. The predicted octanol–water partition coefficient (Wildman–Crippen LogP) is 6.13. The lowest BCUT2D eigenvalue weighted by Crippen LogP contribution is -2.28. The number of benzene rings is 3. The molecule has 0 saturated carbocycles. The number of ether oxygens (including phenoxy) is 2. The van der Waals surface area contributed by atoms with Crippen molar-refractivity contribution in [1.29, 1.82) is 0 Å². The molecule has 4 rings (SSSR count). The highest BCUT2D eigenvalue weighted by Gasteiger charge is 2.34. The fourth-order valence-electron chi connectivity index (χ4n) is 3.29. The van der Waals surface area contributed by atoms with E-state index in [1.165, 1.54) is 11.8 Å². The van der Waals surface area contributed by atoms with Crippen LogP contribution in [0.5, 0.6) is 11.5 Å². The van der Waals surface area contributed by atoms with Crippen LogP contribution in [0.15, 0.2) is 76.6 Å². The van der Waals surface area contributed by atoms with Crippen molar-refractivity contribution in [3.63, 3.8) is 0 Å². The fourth-order valence-corrected chi connectivity index (χ4v) is 4.29. The second kappa shape index (κ2) is 9.32. The lowest BCUT2D eigenvalue weighted by atomic mass is 10.1. The van der Waals surface area contributed by atoms with Gasteiger partial charge >= 0.3 is 0 Å². The largest absolute Gasteiger partial charge is 0.493 e. The highest BCUT2D eigenvalue weighted by atomic mass is 32.2. The number of thioether (sulfide) groups is 1. The molecular formula is C26H24N2O3S. The fraction of sp³-hybridized carbons (Fsp3) is 0.154. The molecule has 0 N–H and O–H groups in total. The van der Waals surface area contributed by atoms with Gasteiger partial charge in [-0.2, -0.15) is 0 Å². The van der Waals surface area contributed by atoms with Gasteiger partial charge in [0.2, 0.25) is 0 Å². The van der Waals surface area contributed by atoms with Crippen molar-refractivity contribution in [2.75, 3.05) is 19.1 Å². The number of hydrogen-bond acceptors (Lipinski definition) is 5. The van der Waals surface area contributed by atoms with Gasteiger partial charge in [-0.25, -0.2) is 4.99 Å². The van der Waals surface area contributed by atoms with E-state index in [-0.39, 0.29) is 5.91 Å². The average molecular weight is 445 g/mol. The number of amidine groups is 1. The predicted molar refractivity (Wildman–Crippen MR) is 132 cm³/mol. The third-order valence-electron chi connectivity index (χ3n) is 5.06. The molecule has 1 saturated heterocycles. The molecule has 1 fully saturated rings. The van der Waals surface area contributed by atoms with Crippen molar-refractivity contribution in [2.24, 2.45) is 4.99 Å². The van der Waals surface area contributed by atoms with Crippen molar-refractivity contribution in [2.45, 2.75) is 13.8 Å². The molecule has 3 aromatic carbocycles. The van der Waals surface area contributed by atoms with E-state index in [1.54, 1.807) is 19.1 Å². The number of amides is 1. The Morgan fingerprint density at radius 1 is 0.844 bits per heavy atom. The number of hydrogen-bond donors (Lipinski definition) is 0. The number of carbonyl (C=O) groups excluding carboxylic acids is 1. The van der Waals surface area contributed by atoms with Crippen LogP contribution in [0.25, 0.3) is 6.08 Å². The smallest absolute Gasteiger partial charge is 0.271 e. The van der Waals surface area contributed by atoms with Gasteiger partial charge in [-0.3, -0.25) is 9.69 Å². The summed E-state index contributed by atoms with van der Waals surface area (Å²) in [5, 5.41) is 0.620. The van der Waals surface area contributed by atoms with Crippen LogP contribution in [0, 0.1) is 13.8 Å². The minimum atomic E-state index is -0.112. The molecule has 1 aliphatic rings. The Bertz CT molecular complexity index is 1200. The Morgan fingerprint density at radius 2 is 1.47 bits per heavy atom. The van der Waals surface area contributed by atoms with Crippen molar-refractivity contribution in [3.8, 4) is 11.5 Å². The first-order chi connectivity index (χ1) is 15.5. The third kappa shape index (κ3) is 4.55. The number of aryl methyl sites for hydroxylation is 2. The lowest BCUT2D eigenvalue weighted by molar-refractivity contribution is -0.113. The van der Waals surface area contributed by atoms with Crippen LogP contribution in [0.2, 0.25) is 0 Å². The van der Waals surface area contributed by atoms with Crippen LogP contribution in [0.4, 0.5) is 11.4 Å². The molecule has 0 aliphatic carbocycles. The molecule has 162 valence electrons. The van der Waals surface area contributed by atoms with E-state index in [1.807, 2.05) is 86.7 Å². The first kappa shape index (κ1) is 21.7. The highest BCUT2D eigenvalue weighted by Crippen LogP contribution is 2.38. The Hall–Kier alpha value is -3.51. The summed E-state index contributed by atoms with van der Waals surface area (Å²) >= 11 is 1.36. The molecule has 32 heavy (non-hydrogen) atoms. The van der Waals surface area contributed by atoms with Gasteiger partial charge in [-0.15, -0.1) is 0 Å². The number of methoxy groups -OCH3 is 2. The Balaban J connectivity index is 1.75. The van der Waals surface area contributed by atoms with Crippen LogP contribution in [0.1, 0.15) is 16.7 Å². The van der Waals surface area contributed by atoms with Crippen molar-refractivity contribution in [1.82, 2.24) is 0 Å². The molecule has 0 radical (unpaired) electrons. The zero-order chi connectivity index (χ0) is 22.7. The zero-order valence-electron chi connectivity index (χ0n) is 18.5. The maximum Gasteiger partial charge on any atom is 0.271 e. The molecule has 1 aliphatic heterocycles. The highest BCUT2D eigenvalue weighted by molar-refractivity contribution is 8.19. The van der Waals surface area contributed by atoms with Gasteiger partial charge in [-0.1, -0.05) is 41.5 Å². The van der Waals surface area contributed by atoms with Crippen molar-refractivity contribution in [3.05, 3.63) is 88.3 Å². The molecule has 0 spiro atoms. The molecule has 0 aromatic heterocycles. The van der Waals surface area contributed by atoms with Crippen LogP contribution in [-0.2, 0) is 4.79 Å². The number of anilines is 1. The van der Waals surface area contributed by atoms with Gasteiger partial charge in [0.15, 0.2) is 16.7 Å². The van der Waals surface area contributed by atoms with E-state index in [0.29, 0.717) is 21.6 Å². The van der Waals surface area contributed by atoms with Gasteiger partial charge in [0.05, 0.1) is 30.5 Å². The van der Waals surface area contributed by atoms with E-state index >= 15 is 0 Å². The summed E-state index contributed by atoms with van der Waals surface area (Å²) < 4.78 is 10.7. The number of nitrogens with zero attached hydrogens (tertiary/aromatic N) is 2. The molecule has 3 aromatic rings. The third-order valence-corrected chi connectivity index (χ3v) is 6.03. The van der Waals surface area contributed by atoms with Crippen molar-refractivity contribution >= 4 is 40.3 Å². The second-order valence-electron chi connectivity index (χ2n) is 7.43. The maximum absolute atomic E-state index is 13.4. The summed E-state index contributed by atoms with van der Waals surface area (Å²) in [5.41, 5.74) is 4.73. The summed E-state index contributed by atoms with van der Waals surface area (Å²) in [6.45, 7) is 4.06. The number of carbonyl (C=O) groups is 1. The molecular weight excluding hydrogens is 420 g/mol. The summed E-state index contributed by atoms with van der Waals surface area (Å²) in [6, 6.07) is 21.4. The van der Waals surface area contributed by atoms with Crippen LogP contribution >= 0.6 is 11.8 Å². The molecule has 1 heterocycles. The van der Waals surface area contributed by atoms with E-state index in [9.17, 15) is 4.79 Å². The zero-order valence-corrected chi connectivity index (χ0v) is 19.3. The quantitative estimate of drug-likeness (QED) is 0.444. The van der Waals surface area contributed by atoms with Gasteiger partial charge in [0.1, 0.15) is 0 Å². The number of rotatable bonds is 5. The van der Waals surface area contributed by atoms with E-state index in [2.05, 4.69) is 0 Å². The van der Waals surface area contributed by atoms with Gasteiger partial charge in [0, 0.05) is 0 Å². The maximum atomic E-state index is 13.4. The van der Waals surface area contributed by atoms with Gasteiger partial charge in [0.25, 0.3) is 5.91 Å². The Labute approximate surface area is 192 Å². The van der Waals surface area contributed by atoms with Crippen LogP contribution in [-0.4, -0.2) is 25.3 Å². The molecule has 6 heteroatoms. The first-order valence-corrected chi connectivity index (χ1v) is 11.0. The SMILES string of the molecule is COc1ccc(C=C2SC(=Nc3ccc(C)cc3)N(c3ccc(C)cc3)C2=O)cc1OC.